The molecule has 4 aromatic rings. The highest BCUT2D eigenvalue weighted by atomic mass is 35.5. The van der Waals surface area contributed by atoms with Crippen LogP contribution in [0.25, 0.3) is 0 Å². The molecule has 2 aliphatic rings. The maximum Gasteiger partial charge on any atom is 0.435 e. The fourth-order valence-electron chi connectivity index (χ4n) is 5.65. The van der Waals surface area contributed by atoms with Crippen molar-refractivity contribution in [1.82, 2.24) is 4.90 Å². The smallest absolute Gasteiger partial charge is 0.374 e. The Morgan fingerprint density at radius 3 is 1.80 bits per heavy atom. The van der Waals surface area contributed by atoms with E-state index in [4.69, 9.17) is 28.0 Å². The Kier molecular flexibility index (Phi) is 7.09. The zero-order valence-electron chi connectivity index (χ0n) is 21.6. The summed E-state index contributed by atoms with van der Waals surface area (Å²) in [5.74, 6) is 0. The van der Waals surface area contributed by atoms with Crippen molar-refractivity contribution in [3.05, 3.63) is 141 Å². The van der Waals surface area contributed by atoms with Gasteiger partial charge in [-0.25, -0.2) is 4.39 Å². The highest BCUT2D eigenvalue weighted by molar-refractivity contribution is 6.34. The van der Waals surface area contributed by atoms with Crippen molar-refractivity contribution >= 4 is 28.9 Å². The summed E-state index contributed by atoms with van der Waals surface area (Å²) in [5, 5.41) is 3.91. The van der Waals surface area contributed by atoms with Gasteiger partial charge in [0.25, 0.3) is 5.60 Å². The summed E-state index contributed by atoms with van der Waals surface area (Å²) in [4.78, 5) is 7.17. The van der Waals surface area contributed by atoms with Crippen molar-refractivity contribution in [3.8, 4) is 0 Å². The minimum absolute atomic E-state index is 0.0575. The monoisotopic (exact) mass is 598 g/mol. The molecule has 0 N–H and O–H groups in total. The van der Waals surface area contributed by atoms with E-state index in [1.54, 1.807) is 24.3 Å². The first-order valence-corrected chi connectivity index (χ1v) is 13.8. The van der Waals surface area contributed by atoms with Crippen molar-refractivity contribution in [1.29, 1.82) is 0 Å². The lowest BCUT2D eigenvalue weighted by Crippen LogP contribution is -2.57. The lowest BCUT2D eigenvalue weighted by atomic mass is 9.83. The van der Waals surface area contributed by atoms with Crippen molar-refractivity contribution in [2.75, 3.05) is 13.1 Å². The van der Waals surface area contributed by atoms with Crippen LogP contribution in [-0.2, 0) is 16.1 Å². The summed E-state index contributed by atoms with van der Waals surface area (Å²) < 4.78 is 59.1. The molecule has 0 saturated carbocycles. The summed E-state index contributed by atoms with van der Waals surface area (Å²) in [6.07, 6.45) is -5.37. The SMILES string of the molecule is FC1(c2ccc(C3=NOC(c4cc(Cl)cc(Cl)c4)(C(F)(F)F)C3)cc2)CN(C(c2ccccc2)c2ccccc2)C1. The van der Waals surface area contributed by atoms with Crippen LogP contribution in [0, 0.1) is 0 Å². The molecule has 2 heterocycles. The van der Waals surface area contributed by atoms with Crippen molar-refractivity contribution in [2.45, 2.75) is 29.9 Å². The van der Waals surface area contributed by atoms with E-state index < -0.39 is 23.9 Å². The average molecular weight is 599 g/mol. The molecule has 4 aromatic carbocycles. The molecule has 2 aliphatic heterocycles. The quantitative estimate of drug-likeness (QED) is 0.207. The predicted molar refractivity (Wildman–Crippen MR) is 152 cm³/mol. The van der Waals surface area contributed by atoms with Gasteiger partial charge in [0.1, 0.15) is 0 Å². The van der Waals surface area contributed by atoms with Crippen LogP contribution >= 0.6 is 23.2 Å². The zero-order chi connectivity index (χ0) is 28.8. The molecule has 0 bridgehead atoms. The summed E-state index contributed by atoms with van der Waals surface area (Å²) in [6, 6.07) is 29.9. The Hall–Kier alpha value is -3.39. The number of rotatable bonds is 6. The van der Waals surface area contributed by atoms with Crippen LogP contribution in [0.3, 0.4) is 0 Å². The van der Waals surface area contributed by atoms with Gasteiger partial charge in [0, 0.05) is 35.1 Å². The molecule has 41 heavy (non-hydrogen) atoms. The minimum atomic E-state index is -4.79. The summed E-state index contributed by atoms with van der Waals surface area (Å²) in [7, 11) is 0. The number of nitrogens with zero attached hydrogens (tertiary/aromatic N) is 2. The maximum atomic E-state index is 16.1. The normalized spacial score (nSPS) is 20.4. The molecule has 0 aliphatic carbocycles. The number of hydrogen-bond acceptors (Lipinski definition) is 3. The number of benzene rings is 4. The summed E-state index contributed by atoms with van der Waals surface area (Å²) >= 11 is 12.0. The second-order valence-corrected chi connectivity index (χ2v) is 11.3. The van der Waals surface area contributed by atoms with Crippen LogP contribution in [0.5, 0.6) is 0 Å². The van der Waals surface area contributed by atoms with E-state index in [0.29, 0.717) is 11.1 Å². The largest absolute Gasteiger partial charge is 0.435 e. The van der Waals surface area contributed by atoms with Gasteiger partial charge < -0.3 is 4.84 Å². The molecule has 0 spiro atoms. The third kappa shape index (κ3) is 5.11. The molecule has 0 amide bonds. The van der Waals surface area contributed by atoms with Gasteiger partial charge in [0.2, 0.25) is 0 Å². The van der Waals surface area contributed by atoms with Gasteiger partial charge in [0.05, 0.1) is 11.8 Å². The molecule has 1 atom stereocenters. The van der Waals surface area contributed by atoms with E-state index in [-0.39, 0.29) is 40.5 Å². The Balaban J connectivity index is 1.21. The molecule has 3 nitrogen and oxygen atoms in total. The molecular formula is C32H24Cl2F4N2O. The third-order valence-corrected chi connectivity index (χ3v) is 8.19. The number of oxime groups is 1. The number of hydrogen-bond donors (Lipinski definition) is 0. The van der Waals surface area contributed by atoms with E-state index in [2.05, 4.69) is 10.1 Å². The Morgan fingerprint density at radius 1 is 0.756 bits per heavy atom. The van der Waals surface area contributed by atoms with E-state index in [1.807, 2.05) is 60.7 Å². The van der Waals surface area contributed by atoms with Crippen molar-refractivity contribution in [3.63, 3.8) is 0 Å². The van der Waals surface area contributed by atoms with Gasteiger partial charge in [-0.1, -0.05) is 113 Å². The van der Waals surface area contributed by atoms with Gasteiger partial charge in [-0.15, -0.1) is 0 Å². The van der Waals surface area contributed by atoms with Gasteiger partial charge in [0.15, 0.2) is 5.67 Å². The second-order valence-electron chi connectivity index (χ2n) is 10.5. The van der Waals surface area contributed by atoms with Crippen LogP contribution in [-0.4, -0.2) is 29.9 Å². The lowest BCUT2D eigenvalue weighted by molar-refractivity contribution is -0.275. The molecule has 1 saturated heterocycles. The molecule has 1 fully saturated rings. The Morgan fingerprint density at radius 2 is 1.29 bits per heavy atom. The van der Waals surface area contributed by atoms with Gasteiger partial charge in [-0.05, 0) is 40.5 Å². The minimum Gasteiger partial charge on any atom is -0.374 e. The van der Waals surface area contributed by atoms with Gasteiger partial charge >= 0.3 is 6.18 Å². The fourth-order valence-corrected chi connectivity index (χ4v) is 6.18. The van der Waals surface area contributed by atoms with E-state index >= 15 is 4.39 Å². The van der Waals surface area contributed by atoms with Crippen molar-refractivity contribution in [2.24, 2.45) is 5.16 Å². The van der Waals surface area contributed by atoms with E-state index in [0.717, 1.165) is 11.1 Å². The molecule has 0 aromatic heterocycles. The van der Waals surface area contributed by atoms with Crippen LogP contribution in [0.15, 0.2) is 108 Å². The van der Waals surface area contributed by atoms with E-state index in [9.17, 15) is 13.2 Å². The van der Waals surface area contributed by atoms with Crippen LogP contribution in [0.1, 0.15) is 40.3 Å². The standard InChI is InChI=1S/C32H24Cl2F4N2O/c33-26-15-25(16-27(34)17-26)31(32(36,37)38)18-28(39-41-31)21-11-13-24(14-12-21)30(35)19-40(20-30)29(22-7-3-1-4-8-22)23-9-5-2-6-10-23/h1-17,29H,18-20H2. The molecule has 0 radical (unpaired) electrons. The zero-order valence-corrected chi connectivity index (χ0v) is 23.1. The number of likely N-dealkylation sites (tertiary alicyclic amines) is 1. The van der Waals surface area contributed by atoms with Crippen molar-refractivity contribution < 1.29 is 22.4 Å². The lowest BCUT2D eigenvalue weighted by Gasteiger charge is -2.49. The molecule has 1 unspecified atom stereocenters. The number of halogens is 6. The third-order valence-electron chi connectivity index (χ3n) is 7.75. The molecule has 6 rings (SSSR count). The average Bonchev–Trinajstić information content (AvgIpc) is 3.40. The van der Waals surface area contributed by atoms with E-state index in [1.165, 1.54) is 18.2 Å². The topological polar surface area (TPSA) is 24.8 Å². The molecule has 9 heteroatoms. The Bertz CT molecular complexity index is 1510. The fraction of sp³-hybridized carbons (Fsp3) is 0.219. The summed E-state index contributed by atoms with van der Waals surface area (Å²) in [6.45, 7) is 0.356. The first kappa shape index (κ1) is 27.8. The highest BCUT2D eigenvalue weighted by Crippen LogP contribution is 2.50. The first-order valence-electron chi connectivity index (χ1n) is 13.0. The van der Waals surface area contributed by atoms with Crippen LogP contribution < -0.4 is 0 Å². The maximum absolute atomic E-state index is 16.1. The molecular weight excluding hydrogens is 575 g/mol. The van der Waals surface area contributed by atoms with Crippen LogP contribution in [0.4, 0.5) is 17.6 Å². The highest BCUT2D eigenvalue weighted by Gasteiger charge is 2.62. The van der Waals surface area contributed by atoms with Gasteiger partial charge in [-0.2, -0.15) is 13.2 Å². The molecule has 210 valence electrons. The first-order chi connectivity index (χ1) is 19.6. The number of alkyl halides is 4. The Labute approximate surface area is 245 Å². The second kappa shape index (κ2) is 10.5. The van der Waals surface area contributed by atoms with Crippen LogP contribution in [0.2, 0.25) is 10.0 Å². The van der Waals surface area contributed by atoms with Gasteiger partial charge in [-0.3, -0.25) is 4.90 Å². The summed E-state index contributed by atoms with van der Waals surface area (Å²) in [5.41, 5.74) is -1.44. The predicted octanol–water partition coefficient (Wildman–Crippen LogP) is 8.85.